The number of halogens is 4. The van der Waals surface area contributed by atoms with E-state index < -0.39 is 83.9 Å². The van der Waals surface area contributed by atoms with Crippen LogP contribution in [0.4, 0.5) is 0 Å². The molecule has 1 aromatic carbocycles. The molecule has 0 saturated carbocycles. The van der Waals surface area contributed by atoms with E-state index in [0.29, 0.717) is 0 Å². The minimum Gasteiger partial charge on any atom is -0.0622 e. The van der Waals surface area contributed by atoms with Gasteiger partial charge in [0.15, 0.2) is 0 Å². The second-order valence-corrected chi connectivity index (χ2v) is 20.9. The molecule has 5 atom stereocenters. The first-order valence-electron chi connectivity index (χ1n) is 9.50. The molecule has 2 aromatic rings. The summed E-state index contributed by atoms with van der Waals surface area (Å²) in [5, 5.41) is 23.5. The Hall–Kier alpha value is 0.420. The van der Waals surface area contributed by atoms with Gasteiger partial charge in [0.1, 0.15) is 0 Å². The molecule has 14 nitrogen and oxygen atoms in total. The zero-order chi connectivity index (χ0) is 26.2. The fraction of sp³-hybridized carbons (Fsp3) is 0.412. The summed E-state index contributed by atoms with van der Waals surface area (Å²) < 4.78 is 59.3. The third-order valence-corrected chi connectivity index (χ3v) is 14.6. The van der Waals surface area contributed by atoms with Crippen LogP contribution in [-0.2, 0) is 12.4 Å². The molecule has 1 aliphatic heterocycles. The quantitative estimate of drug-likeness (QED) is 0.102. The molecule has 0 aliphatic carbocycles. The summed E-state index contributed by atoms with van der Waals surface area (Å²) in [6.45, 7) is -0.776. The van der Waals surface area contributed by atoms with Gasteiger partial charge >= 0.3 is 221 Å². The van der Waals surface area contributed by atoms with Gasteiger partial charge in [-0.05, 0) is 0 Å². The van der Waals surface area contributed by atoms with Crippen molar-refractivity contribution >= 4 is 45.2 Å². The van der Waals surface area contributed by atoms with E-state index in [4.69, 9.17) is 6.87 Å². The molecule has 1 saturated heterocycles. The fourth-order valence-corrected chi connectivity index (χ4v) is 10.6. The van der Waals surface area contributed by atoms with Gasteiger partial charge in [-0.25, -0.2) is 0 Å². The predicted octanol–water partition coefficient (Wildman–Crippen LogP) is -9.70. The first-order chi connectivity index (χ1) is 16.1. The van der Waals surface area contributed by atoms with Crippen molar-refractivity contribution in [1.29, 1.82) is 0 Å². The average Bonchev–Trinajstić information content (AvgIpc) is 3.03. The zero-order valence-electron chi connectivity index (χ0n) is 17.4. The van der Waals surface area contributed by atoms with E-state index in [9.17, 15) is 30.1 Å². The summed E-state index contributed by atoms with van der Waals surface area (Å²) in [6.07, 6.45) is -3.29. The monoisotopic (exact) mass is 951 g/mol. The van der Waals surface area contributed by atoms with Crippen molar-refractivity contribution in [3.8, 4) is 0 Å². The van der Waals surface area contributed by atoms with Crippen molar-refractivity contribution in [1.82, 2.24) is 14.5 Å². The van der Waals surface area contributed by atoms with Gasteiger partial charge < -0.3 is 0 Å². The number of nitrogens with one attached hydrogen (secondary N) is 1. The van der Waals surface area contributed by atoms with Crippen LogP contribution in [-0.4, -0.2) is 54.5 Å². The number of nitrogens with zero attached hydrogens (tertiary/aromatic N) is 2. The number of alkyl halides is 2. The molecular weight excluding hydrogens is 930 g/mol. The minimum absolute atomic E-state index is 0.00728. The number of hydrogen-bond donors (Lipinski definition) is 6. The van der Waals surface area contributed by atoms with Gasteiger partial charge in [-0.3, -0.25) is 0 Å². The van der Waals surface area contributed by atoms with Crippen molar-refractivity contribution < 1.29 is 72.0 Å². The summed E-state index contributed by atoms with van der Waals surface area (Å²) >= 11 is -7.73. The Labute approximate surface area is 237 Å². The Morgan fingerprint density at radius 3 is 2.29 bits per heavy atom. The van der Waals surface area contributed by atoms with Crippen LogP contribution in [0.25, 0.3) is 0 Å². The van der Waals surface area contributed by atoms with Crippen LogP contribution in [0.5, 0.6) is 0 Å². The molecule has 0 spiro atoms. The molecule has 0 amide bonds. The van der Waals surface area contributed by atoms with Gasteiger partial charge in [0, 0.05) is 0 Å². The Morgan fingerprint density at radius 1 is 1.06 bits per heavy atom. The van der Waals surface area contributed by atoms with Crippen LogP contribution in [0, 0.1) is 0 Å². The SMILES string of the molecule is O=c1ccn([C@@H]2N[C@H](CO[I+]([O-])(O)O[I+]([O-])(O)O)C(O)C2O)c(=O)n1CC(I)(I)c1ccccc1. The molecule has 198 valence electrons. The molecule has 6 N–H and O–H groups in total. The normalized spacial score (nSPS) is 26.3. The van der Waals surface area contributed by atoms with Crippen molar-refractivity contribution in [2.75, 3.05) is 6.61 Å². The standard InChI is InChI=1S/C17H21I4N3O11/c18-17(19,10-4-2-1-3-5-10)9-24-12(25)6-7-23(16(24)28)15-14(27)13(26)11(22-15)8-34-21(32,33)35-20(29,30)31/h1-7,11,13-15,22,26-27,29-30,32H,8-9H2/t11-,13?,14?,15+/m1/s1. The van der Waals surface area contributed by atoms with Crippen LogP contribution >= 0.6 is 45.2 Å². The molecule has 1 aliphatic rings. The summed E-state index contributed by atoms with van der Waals surface area (Å²) in [4.78, 5) is 25.7. The number of rotatable bonds is 9. The Kier molecular flexibility index (Phi) is 9.98. The third kappa shape index (κ3) is 7.73. The number of benzene rings is 1. The number of aromatic nitrogens is 2. The molecular formula is C17H21I4N3O11. The van der Waals surface area contributed by atoms with Crippen molar-refractivity contribution in [3.63, 3.8) is 0 Å². The van der Waals surface area contributed by atoms with Gasteiger partial charge in [-0.1, -0.05) is 18.2 Å². The molecule has 3 unspecified atom stereocenters. The van der Waals surface area contributed by atoms with Crippen LogP contribution in [0.1, 0.15) is 11.7 Å². The Balaban J connectivity index is 1.81. The van der Waals surface area contributed by atoms with E-state index in [1.54, 1.807) is 0 Å². The van der Waals surface area contributed by atoms with E-state index >= 15 is 0 Å². The summed E-state index contributed by atoms with van der Waals surface area (Å²) in [6, 6.07) is 9.12. The first kappa shape index (κ1) is 30.0. The predicted molar refractivity (Wildman–Crippen MR) is 123 cm³/mol. The van der Waals surface area contributed by atoms with Crippen molar-refractivity contribution in [2.24, 2.45) is 0 Å². The molecule has 3 rings (SSSR count). The van der Waals surface area contributed by atoms with E-state index in [0.717, 1.165) is 27.0 Å². The molecule has 0 bridgehead atoms. The number of hydrogen-bond acceptors (Lipinski definition) is 12. The van der Waals surface area contributed by atoms with Gasteiger partial charge in [0.2, 0.25) is 0 Å². The molecule has 35 heavy (non-hydrogen) atoms. The molecule has 18 heteroatoms. The minimum atomic E-state index is -6.02. The maximum atomic E-state index is 13.2. The summed E-state index contributed by atoms with van der Waals surface area (Å²) in [5.41, 5.74) is -0.487. The van der Waals surface area contributed by atoms with Crippen molar-refractivity contribution in [3.05, 3.63) is 69.0 Å². The molecule has 2 heterocycles. The van der Waals surface area contributed by atoms with E-state index in [2.05, 4.69) is 55.0 Å². The Bertz CT molecular complexity index is 1140. The van der Waals surface area contributed by atoms with Gasteiger partial charge in [0.25, 0.3) is 0 Å². The van der Waals surface area contributed by atoms with Crippen LogP contribution < -0.4 is 63.6 Å². The average molecular weight is 951 g/mol. The van der Waals surface area contributed by atoms with Crippen LogP contribution in [0.15, 0.2) is 52.2 Å². The van der Waals surface area contributed by atoms with Crippen LogP contribution in [0.2, 0.25) is 0 Å². The first-order valence-corrected chi connectivity index (χ1v) is 19.0. The van der Waals surface area contributed by atoms with Gasteiger partial charge in [-0.15, -0.1) is 0 Å². The third-order valence-electron chi connectivity index (χ3n) is 4.95. The van der Waals surface area contributed by atoms with Gasteiger partial charge in [-0.2, -0.15) is 0 Å². The smallest absolute Gasteiger partial charge is 0.0622 e. The van der Waals surface area contributed by atoms with E-state index in [1.165, 1.54) is 0 Å². The summed E-state index contributed by atoms with van der Waals surface area (Å²) in [7, 11) is 0. The van der Waals surface area contributed by atoms with Gasteiger partial charge in [0.05, 0.1) is 0 Å². The topological polar surface area (TPSA) is 222 Å². The zero-order valence-corrected chi connectivity index (χ0v) is 26.0. The maximum absolute atomic E-state index is 13.2. The molecule has 1 fully saturated rings. The van der Waals surface area contributed by atoms with E-state index in [-0.39, 0.29) is 6.54 Å². The van der Waals surface area contributed by atoms with E-state index in [1.807, 2.05) is 30.3 Å². The Morgan fingerprint density at radius 2 is 1.69 bits per heavy atom. The summed E-state index contributed by atoms with van der Waals surface area (Å²) in [5.74, 6) is 0. The van der Waals surface area contributed by atoms with Crippen molar-refractivity contribution in [2.45, 2.75) is 32.4 Å². The second-order valence-electron chi connectivity index (χ2n) is 7.34. The second kappa shape index (κ2) is 11.7. The molecule has 0 radical (unpaired) electrons. The number of aliphatic hydroxyl groups is 2. The molecule has 1 aromatic heterocycles. The van der Waals surface area contributed by atoms with Crippen LogP contribution in [0.3, 0.4) is 0 Å². The number of aliphatic hydroxyl groups excluding tert-OH is 2. The fourth-order valence-electron chi connectivity index (χ4n) is 3.35.